The number of nitrogens with zero attached hydrogens (tertiary/aromatic N) is 1. The highest BCUT2D eigenvalue weighted by Gasteiger charge is 2.37. The molecule has 1 heterocycles. The number of likely N-dealkylation sites (N-methyl/N-ethyl adjacent to an activating group) is 1. The number of halogens is 3. The Morgan fingerprint density at radius 1 is 1.11 bits per heavy atom. The van der Waals surface area contributed by atoms with E-state index in [-0.39, 0.29) is 29.7 Å². The van der Waals surface area contributed by atoms with Crippen LogP contribution in [0.15, 0.2) is 66.7 Å². The molecule has 0 aromatic heterocycles. The molecule has 5 nitrogen and oxygen atoms in total. The Balaban J connectivity index is 2.01. The van der Waals surface area contributed by atoms with Gasteiger partial charge in [-0.2, -0.15) is 13.2 Å². The molecule has 4 rings (SSSR count). The second-order valence-corrected chi connectivity index (χ2v) is 8.24. The predicted molar refractivity (Wildman–Crippen MR) is 136 cm³/mol. The van der Waals surface area contributed by atoms with Crippen LogP contribution in [-0.2, 0) is 23.8 Å². The number of benzene rings is 3. The second kappa shape index (κ2) is 11.3. The molecule has 0 bridgehead atoms. The maximum Gasteiger partial charge on any atom is 0.416 e. The van der Waals surface area contributed by atoms with Crippen molar-refractivity contribution in [1.29, 1.82) is 0 Å². The molecule has 1 aliphatic heterocycles. The average Bonchev–Trinajstić information content (AvgIpc) is 2.95. The largest absolute Gasteiger partial charge is 0.493 e. The summed E-state index contributed by atoms with van der Waals surface area (Å²) < 4.78 is 155. The average molecular weight is 526 g/mol. The summed E-state index contributed by atoms with van der Waals surface area (Å²) >= 11 is 0. The maximum absolute atomic E-state index is 13.7. The van der Waals surface area contributed by atoms with E-state index in [0.29, 0.717) is 12.1 Å². The van der Waals surface area contributed by atoms with E-state index in [1.165, 1.54) is 29.2 Å². The van der Waals surface area contributed by atoms with Crippen molar-refractivity contribution in [3.8, 4) is 11.5 Å². The van der Waals surface area contributed by atoms with Gasteiger partial charge in [-0.1, -0.05) is 42.5 Å². The molecule has 0 saturated carbocycles. The third-order valence-corrected chi connectivity index (χ3v) is 6.08. The molecule has 0 spiro atoms. The van der Waals surface area contributed by atoms with Crippen molar-refractivity contribution in [2.45, 2.75) is 37.4 Å². The number of aryl methyl sites for hydroxylation is 1. The molecule has 3 aromatic carbocycles. The first-order chi connectivity index (χ1) is 22.7. The number of alkyl halides is 3. The number of ether oxygens (including phenoxy) is 2. The van der Waals surface area contributed by atoms with Gasteiger partial charge in [0.25, 0.3) is 0 Å². The Bertz CT molecular complexity index is 1680. The van der Waals surface area contributed by atoms with E-state index in [2.05, 4.69) is 0 Å². The van der Waals surface area contributed by atoms with Crippen molar-refractivity contribution < 1.29 is 45.3 Å². The lowest BCUT2D eigenvalue weighted by atomic mass is 9.86. The topological polar surface area (TPSA) is 50.8 Å². The maximum atomic E-state index is 13.7. The lowest BCUT2D eigenvalue weighted by Crippen LogP contribution is -2.44. The van der Waals surface area contributed by atoms with Gasteiger partial charge in [-0.05, 0) is 65.7 Å². The minimum absolute atomic E-state index is 0.0962. The van der Waals surface area contributed by atoms with Crippen LogP contribution < -0.4 is 14.8 Å². The van der Waals surface area contributed by atoms with Crippen molar-refractivity contribution in [2.24, 2.45) is 0 Å². The van der Waals surface area contributed by atoms with Crippen LogP contribution in [0.4, 0.5) is 13.2 Å². The number of carbonyl (C=O) groups excluding carboxylic acids is 1. The number of nitrogens with one attached hydrogen (secondary N) is 1. The van der Waals surface area contributed by atoms with Gasteiger partial charge >= 0.3 is 6.18 Å². The first-order valence-corrected chi connectivity index (χ1v) is 11.1. The van der Waals surface area contributed by atoms with Crippen LogP contribution in [-0.4, -0.2) is 38.4 Å². The zero-order valence-corrected chi connectivity index (χ0v) is 19.2. The molecular formula is C29H31F3N2O3. The summed E-state index contributed by atoms with van der Waals surface area (Å²) in [5.74, 6) is -2.38. The SMILES string of the molecule is [2H]C([2H])([2H])NC(=O)[C@@H](c1ccccc1)N1CCc2cc(OC([2H])([2H])[2H])c(OC([2H])([2H])[2H])cc2[C@@H]1C([2H])([2H])C([2H])([2H])c1ccc(C(F)(F)F)cc1. The second-order valence-electron chi connectivity index (χ2n) is 8.24. The molecule has 37 heavy (non-hydrogen) atoms. The van der Waals surface area contributed by atoms with Crippen LogP contribution in [0.2, 0.25) is 0 Å². The van der Waals surface area contributed by atoms with Crippen LogP contribution >= 0.6 is 0 Å². The highest BCUT2D eigenvalue weighted by Crippen LogP contribution is 2.43. The fourth-order valence-electron chi connectivity index (χ4n) is 4.34. The van der Waals surface area contributed by atoms with Gasteiger partial charge in [-0.3, -0.25) is 9.69 Å². The molecule has 1 N–H and O–H groups in total. The quantitative estimate of drug-likeness (QED) is 0.407. The molecule has 0 aliphatic carbocycles. The zero-order valence-electron chi connectivity index (χ0n) is 32.2. The highest BCUT2D eigenvalue weighted by molar-refractivity contribution is 5.83. The van der Waals surface area contributed by atoms with Gasteiger partial charge in [0.1, 0.15) is 6.04 Å². The molecule has 0 saturated heterocycles. The summed E-state index contributed by atoms with van der Waals surface area (Å²) in [6.45, 7) is -3.29. The number of rotatable bonds is 8. The normalized spacial score (nSPS) is 23.5. The molecule has 2 atom stereocenters. The zero-order chi connectivity index (χ0) is 37.7. The summed E-state index contributed by atoms with van der Waals surface area (Å²) in [6.07, 6.45) is -11.2. The van der Waals surface area contributed by atoms with Gasteiger partial charge in [0.15, 0.2) is 11.5 Å². The summed E-state index contributed by atoms with van der Waals surface area (Å²) in [5.41, 5.74) is -1.53. The molecule has 3 aromatic rings. The summed E-state index contributed by atoms with van der Waals surface area (Å²) in [4.78, 5) is 14.9. The minimum Gasteiger partial charge on any atom is -0.493 e. The van der Waals surface area contributed by atoms with Crippen LogP contribution in [0.1, 0.15) is 64.1 Å². The summed E-state index contributed by atoms with van der Waals surface area (Å²) in [7, 11) is -6.29. The van der Waals surface area contributed by atoms with Crippen molar-refractivity contribution in [3.63, 3.8) is 0 Å². The van der Waals surface area contributed by atoms with E-state index in [1.807, 2.05) is 5.32 Å². The van der Waals surface area contributed by atoms with E-state index < -0.39 is 80.6 Å². The molecule has 8 heteroatoms. The lowest BCUT2D eigenvalue weighted by molar-refractivity contribution is -0.137. The van der Waals surface area contributed by atoms with Gasteiger partial charge in [-0.15, -0.1) is 0 Å². The molecule has 1 aliphatic rings. The number of methoxy groups -OCH3 is 2. The Labute approximate surface area is 233 Å². The van der Waals surface area contributed by atoms with Crippen LogP contribution in [0, 0.1) is 0 Å². The first kappa shape index (κ1) is 14.4. The number of hydrogen-bond acceptors (Lipinski definition) is 4. The van der Waals surface area contributed by atoms with Crippen LogP contribution in [0.3, 0.4) is 0 Å². The van der Waals surface area contributed by atoms with Crippen molar-refractivity contribution >= 4 is 5.91 Å². The first-order valence-electron chi connectivity index (χ1n) is 17.6. The molecule has 0 radical (unpaired) electrons. The van der Waals surface area contributed by atoms with Gasteiger partial charge in [0.2, 0.25) is 5.91 Å². The number of hydrogen-bond donors (Lipinski definition) is 1. The number of amides is 1. The van der Waals surface area contributed by atoms with Gasteiger partial charge in [-0.25, -0.2) is 0 Å². The van der Waals surface area contributed by atoms with Crippen LogP contribution in [0.25, 0.3) is 0 Å². The van der Waals surface area contributed by atoms with E-state index in [4.69, 9.17) is 24.6 Å². The fraction of sp³-hybridized carbons (Fsp3) is 0.345. The molecule has 0 fully saturated rings. The standard InChI is InChI=1S/C29H31F3N2O3/c1-33-28(35)27(20-7-5-4-6-8-20)34-16-15-21-17-25(36-2)26(37-3)18-23(21)24(34)14-11-19-9-12-22(13-10-19)29(30,31)32/h4-10,12-13,17-18,24,27H,11,14-16H2,1-3H3,(H,33,35)/t24-,27+/m0/s1/i1D3,2D3,3D3,11D2,14D2. The predicted octanol–water partition coefficient (Wildman–Crippen LogP) is 5.74. The van der Waals surface area contributed by atoms with E-state index in [9.17, 15) is 20.7 Å². The fourth-order valence-corrected chi connectivity index (χ4v) is 4.34. The molecule has 0 unspecified atom stereocenters. The Morgan fingerprint density at radius 3 is 2.46 bits per heavy atom. The third kappa shape index (κ3) is 5.74. The number of fused-ring (bicyclic) bond motifs is 1. The minimum atomic E-state index is -4.78. The van der Waals surface area contributed by atoms with E-state index in [1.54, 1.807) is 6.07 Å². The molecule has 196 valence electrons. The molecule has 1 amide bonds. The summed E-state index contributed by atoms with van der Waals surface area (Å²) in [5, 5.41) is 1.89. The Hall–Kier alpha value is -3.52. The number of carbonyl (C=O) groups is 1. The monoisotopic (exact) mass is 525 g/mol. The Morgan fingerprint density at radius 2 is 1.81 bits per heavy atom. The van der Waals surface area contributed by atoms with Crippen molar-refractivity contribution in [3.05, 3.63) is 94.5 Å². The van der Waals surface area contributed by atoms with Gasteiger partial charge in [0, 0.05) is 29.2 Å². The van der Waals surface area contributed by atoms with Gasteiger partial charge in [0.05, 0.1) is 27.9 Å². The lowest BCUT2D eigenvalue weighted by Gasteiger charge is -2.42. The van der Waals surface area contributed by atoms with E-state index >= 15 is 0 Å². The Kier molecular flexibility index (Phi) is 4.39. The van der Waals surface area contributed by atoms with E-state index in [0.717, 1.165) is 24.3 Å². The van der Waals surface area contributed by atoms with Gasteiger partial charge < -0.3 is 14.8 Å². The third-order valence-electron chi connectivity index (χ3n) is 6.08. The molecular weight excluding hydrogens is 481 g/mol. The smallest absolute Gasteiger partial charge is 0.416 e. The highest BCUT2D eigenvalue weighted by atomic mass is 19.4. The summed E-state index contributed by atoms with van der Waals surface area (Å²) in [6, 6.07) is 8.74. The van der Waals surface area contributed by atoms with Crippen molar-refractivity contribution in [1.82, 2.24) is 10.2 Å². The van der Waals surface area contributed by atoms with Crippen LogP contribution in [0.5, 0.6) is 11.5 Å². The van der Waals surface area contributed by atoms with Crippen molar-refractivity contribution in [2.75, 3.05) is 27.6 Å².